The second kappa shape index (κ2) is 10.7. The highest BCUT2D eigenvalue weighted by Gasteiger charge is 2.22. The number of aromatic nitrogens is 3. The zero-order valence-corrected chi connectivity index (χ0v) is 19.5. The molecule has 1 aliphatic rings. The summed E-state index contributed by atoms with van der Waals surface area (Å²) in [6, 6.07) is 10.2. The van der Waals surface area contributed by atoms with Crippen LogP contribution in [0.4, 0.5) is 10.2 Å². The van der Waals surface area contributed by atoms with Crippen LogP contribution < -0.4 is 5.32 Å². The zero-order chi connectivity index (χ0) is 23.2. The fourth-order valence-corrected chi connectivity index (χ4v) is 3.97. The van der Waals surface area contributed by atoms with E-state index in [1.807, 2.05) is 38.3 Å². The van der Waals surface area contributed by atoms with Gasteiger partial charge in [-0.1, -0.05) is 17.7 Å². The number of nitrogens with zero attached hydrogens (tertiary/aromatic N) is 5. The quantitative estimate of drug-likeness (QED) is 0.405. The number of anilines is 1. The Kier molecular flexibility index (Phi) is 7.47. The first-order valence-corrected chi connectivity index (χ1v) is 11.4. The molecule has 0 bridgehead atoms. The molecule has 3 aromatic rings. The molecule has 7 nitrogen and oxygen atoms in total. The van der Waals surface area contributed by atoms with Crippen LogP contribution in [-0.2, 0) is 4.74 Å². The van der Waals surface area contributed by atoms with Crippen LogP contribution in [0.5, 0.6) is 0 Å². The minimum absolute atomic E-state index is 0.288. The van der Waals surface area contributed by atoms with Crippen molar-refractivity contribution in [3.05, 3.63) is 71.4 Å². The summed E-state index contributed by atoms with van der Waals surface area (Å²) < 4.78 is 21.7. The third-order valence-electron chi connectivity index (χ3n) is 5.62. The Balaban J connectivity index is 1.67. The highest BCUT2D eigenvalue weighted by molar-refractivity contribution is 6.05. The number of fused-ring (bicyclic) bond motifs is 1. The highest BCUT2D eigenvalue weighted by atomic mass is 19.1. The van der Waals surface area contributed by atoms with E-state index in [9.17, 15) is 4.39 Å². The SMILES string of the molecule is CN=C(C=C(C)C)Nc1nc(C(OCCN2CCCC2)c2ccc(F)cc2)nn2cccc12. The van der Waals surface area contributed by atoms with E-state index in [4.69, 9.17) is 14.8 Å². The van der Waals surface area contributed by atoms with Crippen LogP contribution in [0.3, 0.4) is 0 Å². The van der Waals surface area contributed by atoms with E-state index in [1.54, 1.807) is 23.7 Å². The van der Waals surface area contributed by atoms with Crippen molar-refractivity contribution < 1.29 is 9.13 Å². The van der Waals surface area contributed by atoms with Crippen molar-refractivity contribution in [2.45, 2.75) is 32.8 Å². The summed E-state index contributed by atoms with van der Waals surface area (Å²) in [5, 5.41) is 8.04. The minimum atomic E-state index is -0.522. The molecule has 1 unspecified atom stereocenters. The molecule has 3 heterocycles. The van der Waals surface area contributed by atoms with Gasteiger partial charge >= 0.3 is 0 Å². The van der Waals surface area contributed by atoms with Crippen molar-refractivity contribution in [1.29, 1.82) is 0 Å². The van der Waals surface area contributed by atoms with E-state index in [2.05, 4.69) is 15.2 Å². The summed E-state index contributed by atoms with van der Waals surface area (Å²) in [5.41, 5.74) is 2.76. The molecule has 0 spiro atoms. The second-order valence-corrected chi connectivity index (χ2v) is 8.46. The van der Waals surface area contributed by atoms with Gasteiger partial charge in [-0.05, 0) is 75.7 Å². The van der Waals surface area contributed by atoms with Crippen molar-refractivity contribution in [3.8, 4) is 0 Å². The maximum Gasteiger partial charge on any atom is 0.184 e. The van der Waals surface area contributed by atoms with Gasteiger partial charge in [0.15, 0.2) is 11.6 Å². The molecule has 0 aliphatic carbocycles. The Morgan fingerprint density at radius 1 is 1.21 bits per heavy atom. The standard InChI is InChI=1S/C25H31FN6O/c1-18(2)17-22(27-3)28-24-21-7-6-14-32(21)30-25(29-24)23(19-8-10-20(26)11-9-19)33-16-15-31-12-4-5-13-31/h6-11,14,17,23H,4-5,12-13,15-16H2,1-3H3,(H,27,28,29,30). The van der Waals surface area contributed by atoms with Gasteiger partial charge < -0.3 is 15.0 Å². The van der Waals surface area contributed by atoms with Crippen LogP contribution >= 0.6 is 0 Å². The smallest absolute Gasteiger partial charge is 0.184 e. The molecule has 1 atom stereocenters. The predicted molar refractivity (Wildman–Crippen MR) is 129 cm³/mol. The summed E-state index contributed by atoms with van der Waals surface area (Å²) in [5.74, 6) is 1.56. The third kappa shape index (κ3) is 5.83. The topological polar surface area (TPSA) is 67.1 Å². The molecular weight excluding hydrogens is 419 g/mol. The molecule has 0 radical (unpaired) electrons. The van der Waals surface area contributed by atoms with Gasteiger partial charge in [-0.15, -0.1) is 5.10 Å². The molecule has 2 aromatic heterocycles. The van der Waals surface area contributed by atoms with Crippen molar-refractivity contribution in [3.63, 3.8) is 0 Å². The van der Waals surface area contributed by atoms with Crippen LogP contribution in [0, 0.1) is 5.82 Å². The van der Waals surface area contributed by atoms with E-state index >= 15 is 0 Å². The first-order chi connectivity index (χ1) is 16.0. The highest BCUT2D eigenvalue weighted by Crippen LogP contribution is 2.26. The molecule has 8 heteroatoms. The van der Waals surface area contributed by atoms with Gasteiger partial charge in [-0.25, -0.2) is 13.9 Å². The Morgan fingerprint density at radius 3 is 2.67 bits per heavy atom. The molecule has 1 fully saturated rings. The van der Waals surface area contributed by atoms with Crippen LogP contribution in [0.1, 0.15) is 44.2 Å². The van der Waals surface area contributed by atoms with Crippen molar-refractivity contribution in [2.24, 2.45) is 4.99 Å². The van der Waals surface area contributed by atoms with E-state index in [0.717, 1.165) is 36.3 Å². The van der Waals surface area contributed by atoms with Crippen LogP contribution in [-0.4, -0.2) is 58.6 Å². The van der Waals surface area contributed by atoms with Crippen molar-refractivity contribution >= 4 is 17.2 Å². The second-order valence-electron chi connectivity index (χ2n) is 8.46. The van der Waals surface area contributed by atoms with E-state index in [0.29, 0.717) is 24.1 Å². The largest absolute Gasteiger partial charge is 0.364 e. The number of likely N-dealkylation sites (tertiary alicyclic amines) is 1. The average Bonchev–Trinajstić information content (AvgIpc) is 3.49. The number of allylic oxidation sites excluding steroid dienone is 1. The number of hydrogen-bond acceptors (Lipinski definition) is 5. The fourth-order valence-electron chi connectivity index (χ4n) is 3.97. The van der Waals surface area contributed by atoms with E-state index in [-0.39, 0.29) is 5.82 Å². The molecule has 0 amide bonds. The minimum Gasteiger partial charge on any atom is -0.364 e. The van der Waals surface area contributed by atoms with Crippen LogP contribution in [0.25, 0.3) is 5.52 Å². The number of hydrogen-bond donors (Lipinski definition) is 1. The predicted octanol–water partition coefficient (Wildman–Crippen LogP) is 4.48. The molecule has 1 saturated heterocycles. The van der Waals surface area contributed by atoms with E-state index in [1.165, 1.54) is 25.0 Å². The lowest BCUT2D eigenvalue weighted by molar-refractivity contribution is 0.0586. The number of amidine groups is 1. The molecule has 4 rings (SSSR count). The molecular formula is C25H31FN6O. The normalized spacial score (nSPS) is 15.7. The number of benzene rings is 1. The Labute approximate surface area is 194 Å². The number of halogens is 1. The average molecular weight is 451 g/mol. The zero-order valence-electron chi connectivity index (χ0n) is 19.5. The van der Waals surface area contributed by atoms with Crippen LogP contribution in [0.2, 0.25) is 0 Å². The number of ether oxygens (including phenoxy) is 1. The number of aliphatic imine (C=N–C) groups is 1. The lowest BCUT2D eigenvalue weighted by atomic mass is 10.1. The van der Waals surface area contributed by atoms with Gasteiger partial charge in [0.25, 0.3) is 0 Å². The van der Waals surface area contributed by atoms with Gasteiger partial charge in [-0.3, -0.25) is 4.99 Å². The van der Waals surface area contributed by atoms with Gasteiger partial charge in [0.2, 0.25) is 0 Å². The maximum absolute atomic E-state index is 13.6. The summed E-state index contributed by atoms with van der Waals surface area (Å²) >= 11 is 0. The monoisotopic (exact) mass is 450 g/mol. The summed E-state index contributed by atoms with van der Waals surface area (Å²) in [4.78, 5) is 11.6. The van der Waals surface area contributed by atoms with Crippen molar-refractivity contribution in [1.82, 2.24) is 19.5 Å². The third-order valence-corrected chi connectivity index (χ3v) is 5.62. The number of nitrogens with one attached hydrogen (secondary N) is 1. The maximum atomic E-state index is 13.6. The Bertz CT molecular complexity index is 1130. The lowest BCUT2D eigenvalue weighted by Gasteiger charge is -2.21. The molecule has 1 N–H and O–H groups in total. The summed E-state index contributed by atoms with van der Waals surface area (Å²) in [6.45, 7) is 7.63. The van der Waals surface area contributed by atoms with Gasteiger partial charge in [0.1, 0.15) is 23.3 Å². The Morgan fingerprint density at radius 2 is 1.97 bits per heavy atom. The van der Waals surface area contributed by atoms with Gasteiger partial charge in [-0.2, -0.15) is 0 Å². The number of rotatable bonds is 8. The first kappa shape index (κ1) is 23.1. The van der Waals surface area contributed by atoms with Crippen LogP contribution in [0.15, 0.2) is 59.2 Å². The molecule has 33 heavy (non-hydrogen) atoms. The molecule has 1 aromatic carbocycles. The molecule has 0 saturated carbocycles. The van der Waals surface area contributed by atoms with Gasteiger partial charge in [0, 0.05) is 19.8 Å². The molecule has 174 valence electrons. The van der Waals surface area contributed by atoms with Gasteiger partial charge in [0.05, 0.1) is 6.61 Å². The first-order valence-electron chi connectivity index (χ1n) is 11.4. The summed E-state index contributed by atoms with van der Waals surface area (Å²) in [7, 11) is 1.74. The lowest BCUT2D eigenvalue weighted by Crippen LogP contribution is -2.25. The summed E-state index contributed by atoms with van der Waals surface area (Å²) in [6.07, 6.45) is 5.78. The molecule has 1 aliphatic heterocycles. The Hall–Kier alpha value is -3.10. The fraction of sp³-hybridized carbons (Fsp3) is 0.400. The van der Waals surface area contributed by atoms with Crippen molar-refractivity contribution in [2.75, 3.05) is 38.6 Å². The van der Waals surface area contributed by atoms with E-state index < -0.39 is 6.10 Å².